The van der Waals surface area contributed by atoms with Crippen LogP contribution in [-0.4, -0.2) is 18.6 Å². The van der Waals surface area contributed by atoms with Crippen LogP contribution in [0.2, 0.25) is 0 Å². The lowest BCUT2D eigenvalue weighted by atomic mass is 9.92. The highest BCUT2D eigenvalue weighted by molar-refractivity contribution is 5.85. The van der Waals surface area contributed by atoms with Crippen LogP contribution in [0, 0.1) is 0 Å². The molecule has 3 aromatic rings. The third kappa shape index (κ3) is 2.40. The van der Waals surface area contributed by atoms with Crippen LogP contribution in [0.5, 0.6) is 5.75 Å². The van der Waals surface area contributed by atoms with E-state index in [9.17, 15) is 0 Å². The van der Waals surface area contributed by atoms with E-state index >= 15 is 0 Å². The molecule has 1 atom stereocenters. The minimum Gasteiger partial charge on any atom is -0.496 e. The van der Waals surface area contributed by atoms with E-state index in [1.165, 1.54) is 33.3 Å². The molecule has 4 rings (SSSR count). The molecule has 0 spiro atoms. The number of ether oxygens (including phenoxy) is 1. The fourth-order valence-corrected chi connectivity index (χ4v) is 3.77. The number of H-pyrrole nitrogens is 1. The van der Waals surface area contributed by atoms with Crippen LogP contribution in [0.15, 0.2) is 42.5 Å². The van der Waals surface area contributed by atoms with Crippen molar-refractivity contribution in [3.05, 3.63) is 64.8 Å². The number of fused-ring (bicyclic) bond motifs is 3. The van der Waals surface area contributed by atoms with Gasteiger partial charge in [0.2, 0.25) is 0 Å². The summed E-state index contributed by atoms with van der Waals surface area (Å²) in [4.78, 5) is 3.64. The number of aromatic nitrogens is 1. The van der Waals surface area contributed by atoms with Gasteiger partial charge in [-0.05, 0) is 35.6 Å². The summed E-state index contributed by atoms with van der Waals surface area (Å²) in [5.74, 6) is 1.46. The van der Waals surface area contributed by atoms with Gasteiger partial charge >= 0.3 is 0 Å². The molecule has 0 fully saturated rings. The Morgan fingerprint density at radius 3 is 2.75 bits per heavy atom. The van der Waals surface area contributed by atoms with E-state index in [1.807, 2.05) is 0 Å². The fourth-order valence-electron chi connectivity index (χ4n) is 3.77. The summed E-state index contributed by atoms with van der Waals surface area (Å²) in [7, 11) is 1.76. The summed E-state index contributed by atoms with van der Waals surface area (Å²) >= 11 is 0. The average Bonchev–Trinajstić information content (AvgIpc) is 3.00. The molecule has 1 aromatic heterocycles. The normalized spacial score (nSPS) is 17.2. The first-order valence-electron chi connectivity index (χ1n) is 8.69. The van der Waals surface area contributed by atoms with Crippen molar-refractivity contribution in [2.75, 3.05) is 13.7 Å². The Balaban J connectivity index is 1.84. The lowest BCUT2D eigenvalue weighted by molar-refractivity contribution is 0.401. The van der Waals surface area contributed by atoms with Crippen molar-refractivity contribution in [3.63, 3.8) is 0 Å². The second kappa shape index (κ2) is 5.99. The molecule has 1 aliphatic rings. The zero-order valence-corrected chi connectivity index (χ0v) is 14.5. The zero-order valence-electron chi connectivity index (χ0n) is 14.5. The predicted octanol–water partition coefficient (Wildman–Crippen LogP) is 4.54. The smallest absolute Gasteiger partial charge is 0.124 e. The van der Waals surface area contributed by atoms with Crippen molar-refractivity contribution in [3.8, 4) is 5.75 Å². The molecule has 2 N–H and O–H groups in total. The van der Waals surface area contributed by atoms with Crippen molar-refractivity contribution in [2.45, 2.75) is 32.2 Å². The predicted molar refractivity (Wildman–Crippen MR) is 98.9 cm³/mol. The Bertz CT molecular complexity index is 879. The lowest BCUT2D eigenvalue weighted by Crippen LogP contribution is -2.30. The highest BCUT2D eigenvalue weighted by atomic mass is 16.5. The van der Waals surface area contributed by atoms with E-state index in [0.29, 0.717) is 5.92 Å². The topological polar surface area (TPSA) is 37.0 Å². The van der Waals surface area contributed by atoms with Gasteiger partial charge in [0.15, 0.2) is 0 Å². The van der Waals surface area contributed by atoms with Gasteiger partial charge in [0.25, 0.3) is 0 Å². The number of para-hydroxylation sites is 1. The highest BCUT2D eigenvalue weighted by Gasteiger charge is 2.27. The van der Waals surface area contributed by atoms with Crippen LogP contribution < -0.4 is 10.1 Å². The van der Waals surface area contributed by atoms with Crippen molar-refractivity contribution >= 4 is 10.9 Å². The monoisotopic (exact) mass is 320 g/mol. The van der Waals surface area contributed by atoms with Crippen LogP contribution in [-0.2, 0) is 6.42 Å². The molecular weight excluding hydrogens is 296 g/mol. The average molecular weight is 320 g/mol. The molecule has 1 aliphatic heterocycles. The summed E-state index contributed by atoms with van der Waals surface area (Å²) in [5, 5.41) is 5.01. The first-order valence-corrected chi connectivity index (χ1v) is 8.69. The van der Waals surface area contributed by atoms with Crippen LogP contribution in [0.4, 0.5) is 0 Å². The molecule has 1 unspecified atom stereocenters. The Hall–Kier alpha value is -2.26. The van der Waals surface area contributed by atoms with Gasteiger partial charge in [-0.15, -0.1) is 0 Å². The van der Waals surface area contributed by atoms with E-state index in [2.05, 4.69) is 66.6 Å². The quantitative estimate of drug-likeness (QED) is 0.743. The van der Waals surface area contributed by atoms with E-state index in [4.69, 9.17) is 4.74 Å². The number of hydrogen-bond acceptors (Lipinski definition) is 2. The summed E-state index contributed by atoms with van der Waals surface area (Å²) < 4.78 is 5.72. The molecule has 3 nitrogen and oxygen atoms in total. The highest BCUT2D eigenvalue weighted by Crippen LogP contribution is 2.37. The van der Waals surface area contributed by atoms with Crippen LogP contribution >= 0.6 is 0 Å². The summed E-state index contributed by atoms with van der Waals surface area (Å²) in [6.07, 6.45) is 1.06. The first kappa shape index (κ1) is 15.3. The Kier molecular flexibility index (Phi) is 3.81. The molecule has 0 amide bonds. The van der Waals surface area contributed by atoms with Crippen LogP contribution in [0.3, 0.4) is 0 Å². The van der Waals surface area contributed by atoms with Gasteiger partial charge in [0.05, 0.1) is 13.2 Å². The van der Waals surface area contributed by atoms with Crippen molar-refractivity contribution in [1.82, 2.24) is 10.3 Å². The molecule has 0 radical (unpaired) electrons. The maximum atomic E-state index is 5.72. The molecule has 0 bridgehead atoms. The van der Waals surface area contributed by atoms with Crippen LogP contribution in [0.25, 0.3) is 10.9 Å². The number of benzene rings is 2. The third-order valence-electron chi connectivity index (χ3n) is 5.09. The number of aromatic amines is 1. The number of hydrogen-bond donors (Lipinski definition) is 2. The largest absolute Gasteiger partial charge is 0.496 e. The molecule has 0 aliphatic carbocycles. The minimum absolute atomic E-state index is 0.150. The Labute approximate surface area is 143 Å². The van der Waals surface area contributed by atoms with Gasteiger partial charge in [0, 0.05) is 28.7 Å². The van der Waals surface area contributed by atoms with Gasteiger partial charge in [0.1, 0.15) is 5.75 Å². The van der Waals surface area contributed by atoms with Crippen molar-refractivity contribution < 1.29 is 4.74 Å². The molecule has 2 heterocycles. The number of methoxy groups -OCH3 is 1. The summed E-state index contributed by atoms with van der Waals surface area (Å²) in [6.45, 7) is 5.40. The maximum Gasteiger partial charge on any atom is 0.124 e. The van der Waals surface area contributed by atoms with E-state index < -0.39 is 0 Å². The Morgan fingerprint density at radius 2 is 1.96 bits per heavy atom. The standard InChI is InChI=1S/C21H24N2O/c1-13(2)14-8-9-17(19(12-14)24-3)20-21-16(10-11-22-20)15-6-4-5-7-18(15)23-21/h4-9,12-13,20,22-23H,10-11H2,1-3H3. The second-order valence-electron chi connectivity index (χ2n) is 6.86. The Morgan fingerprint density at radius 1 is 1.12 bits per heavy atom. The second-order valence-corrected chi connectivity index (χ2v) is 6.86. The van der Waals surface area contributed by atoms with Gasteiger partial charge < -0.3 is 15.0 Å². The minimum atomic E-state index is 0.150. The van der Waals surface area contributed by atoms with Gasteiger partial charge in [-0.1, -0.05) is 44.2 Å². The number of nitrogens with one attached hydrogen (secondary N) is 2. The fraction of sp³-hybridized carbons (Fsp3) is 0.333. The summed E-state index contributed by atoms with van der Waals surface area (Å²) in [5.41, 5.74) is 6.44. The van der Waals surface area contributed by atoms with E-state index in [-0.39, 0.29) is 6.04 Å². The maximum absolute atomic E-state index is 5.72. The van der Waals surface area contributed by atoms with Gasteiger partial charge in [-0.2, -0.15) is 0 Å². The van der Waals surface area contributed by atoms with Crippen molar-refractivity contribution in [1.29, 1.82) is 0 Å². The molecular formula is C21H24N2O. The molecule has 24 heavy (non-hydrogen) atoms. The van der Waals surface area contributed by atoms with Crippen LogP contribution in [0.1, 0.15) is 48.2 Å². The molecule has 2 aromatic carbocycles. The number of rotatable bonds is 3. The molecule has 3 heteroatoms. The zero-order chi connectivity index (χ0) is 16.7. The first-order chi connectivity index (χ1) is 11.7. The lowest BCUT2D eigenvalue weighted by Gasteiger charge is -2.26. The molecule has 0 saturated carbocycles. The van der Waals surface area contributed by atoms with Crippen molar-refractivity contribution in [2.24, 2.45) is 0 Å². The van der Waals surface area contributed by atoms with E-state index in [1.54, 1.807) is 7.11 Å². The van der Waals surface area contributed by atoms with Gasteiger partial charge in [-0.25, -0.2) is 0 Å². The van der Waals surface area contributed by atoms with E-state index in [0.717, 1.165) is 18.7 Å². The molecule has 124 valence electrons. The van der Waals surface area contributed by atoms with Gasteiger partial charge in [-0.3, -0.25) is 0 Å². The molecule has 0 saturated heterocycles. The summed E-state index contributed by atoms with van der Waals surface area (Å²) in [6, 6.07) is 15.3. The third-order valence-corrected chi connectivity index (χ3v) is 5.09. The SMILES string of the molecule is COc1cc(C(C)C)ccc1C1NCCc2c1[nH]c1ccccc21.